The Hall–Kier alpha value is -1.59. The number of nitro groups is 1. The molecule has 0 aromatic carbocycles. The minimum absolute atomic E-state index is 0.199. The first kappa shape index (κ1) is 18.5. The van der Waals surface area contributed by atoms with Crippen LogP contribution in [0.3, 0.4) is 0 Å². The number of hydrogen-bond acceptors (Lipinski definition) is 4. The molecule has 0 saturated carbocycles. The molecule has 6 heteroatoms. The lowest BCUT2D eigenvalue weighted by Crippen LogP contribution is -2.03. The molecular formula is C16H29N3O3. The highest BCUT2D eigenvalue weighted by Crippen LogP contribution is 2.24. The molecule has 6 nitrogen and oxygen atoms in total. The van der Waals surface area contributed by atoms with Crippen LogP contribution in [0.15, 0.2) is 6.33 Å². The molecule has 0 N–H and O–H groups in total. The fraction of sp³-hybridized carbons (Fsp3) is 0.812. The molecular weight excluding hydrogens is 282 g/mol. The molecule has 0 spiro atoms. The summed E-state index contributed by atoms with van der Waals surface area (Å²) in [4.78, 5) is 14.0. The average molecular weight is 311 g/mol. The number of hydrogen-bond donors (Lipinski definition) is 0. The van der Waals surface area contributed by atoms with Crippen molar-refractivity contribution in [1.29, 1.82) is 0 Å². The van der Waals surface area contributed by atoms with Crippen LogP contribution in [-0.2, 0) is 7.05 Å². The molecule has 0 aliphatic carbocycles. The van der Waals surface area contributed by atoms with Crippen LogP contribution in [0.5, 0.6) is 5.88 Å². The van der Waals surface area contributed by atoms with Gasteiger partial charge in [0.1, 0.15) is 0 Å². The Labute approximate surface area is 133 Å². The quantitative estimate of drug-likeness (QED) is 0.302. The van der Waals surface area contributed by atoms with Crippen LogP contribution < -0.4 is 4.74 Å². The van der Waals surface area contributed by atoms with Crippen LogP contribution in [0.1, 0.15) is 71.1 Å². The summed E-state index contributed by atoms with van der Waals surface area (Å²) in [6, 6.07) is 0. The van der Waals surface area contributed by atoms with Crippen molar-refractivity contribution < 1.29 is 9.66 Å². The highest BCUT2D eigenvalue weighted by molar-refractivity contribution is 5.33. The monoisotopic (exact) mass is 311 g/mol. The van der Waals surface area contributed by atoms with Gasteiger partial charge in [-0.2, -0.15) is 0 Å². The minimum Gasteiger partial charge on any atom is -0.473 e. The van der Waals surface area contributed by atoms with Gasteiger partial charge < -0.3 is 14.9 Å². The fourth-order valence-electron chi connectivity index (χ4n) is 2.46. The molecule has 1 heterocycles. The van der Waals surface area contributed by atoms with Crippen molar-refractivity contribution in [3.8, 4) is 5.88 Å². The Morgan fingerprint density at radius 3 is 2.18 bits per heavy atom. The maximum atomic E-state index is 10.8. The van der Waals surface area contributed by atoms with Crippen LogP contribution in [0, 0.1) is 10.1 Å². The molecule has 22 heavy (non-hydrogen) atoms. The highest BCUT2D eigenvalue weighted by Gasteiger charge is 2.21. The molecule has 0 unspecified atom stereocenters. The van der Waals surface area contributed by atoms with E-state index in [9.17, 15) is 10.1 Å². The molecule has 0 amide bonds. The van der Waals surface area contributed by atoms with Crippen molar-refractivity contribution in [1.82, 2.24) is 9.55 Å². The lowest BCUT2D eigenvalue weighted by atomic mass is 10.1. The zero-order chi connectivity index (χ0) is 16.2. The SMILES string of the molecule is CCCCCCCCCCCCOc1c([N+](=O)[O-])ncn1C. The second-order valence-electron chi connectivity index (χ2n) is 5.77. The number of unbranched alkanes of at least 4 members (excludes halogenated alkanes) is 9. The van der Waals surface area contributed by atoms with Gasteiger partial charge in [-0.15, -0.1) is 0 Å². The van der Waals surface area contributed by atoms with E-state index in [4.69, 9.17) is 4.74 Å². The lowest BCUT2D eigenvalue weighted by molar-refractivity contribution is -0.390. The highest BCUT2D eigenvalue weighted by atomic mass is 16.6. The minimum atomic E-state index is -0.506. The topological polar surface area (TPSA) is 70.2 Å². The van der Waals surface area contributed by atoms with Crippen molar-refractivity contribution in [2.75, 3.05) is 6.61 Å². The molecule has 126 valence electrons. The summed E-state index contributed by atoms with van der Waals surface area (Å²) >= 11 is 0. The first-order valence-corrected chi connectivity index (χ1v) is 8.45. The molecule has 0 fully saturated rings. The fourth-order valence-corrected chi connectivity index (χ4v) is 2.46. The van der Waals surface area contributed by atoms with Gasteiger partial charge in [-0.25, -0.2) is 0 Å². The molecule has 0 bridgehead atoms. The summed E-state index contributed by atoms with van der Waals surface area (Å²) < 4.78 is 7.05. The number of rotatable bonds is 13. The average Bonchev–Trinajstić information content (AvgIpc) is 2.86. The van der Waals surface area contributed by atoms with Crippen LogP contribution in [-0.4, -0.2) is 21.1 Å². The van der Waals surface area contributed by atoms with Crippen molar-refractivity contribution in [3.05, 3.63) is 16.4 Å². The third kappa shape index (κ3) is 6.91. The molecule has 0 saturated heterocycles. The van der Waals surface area contributed by atoms with E-state index in [-0.39, 0.29) is 11.7 Å². The first-order chi connectivity index (χ1) is 10.7. The van der Waals surface area contributed by atoms with Crippen LogP contribution in [0.25, 0.3) is 0 Å². The Bertz CT molecular complexity index is 432. The van der Waals surface area contributed by atoms with E-state index in [1.54, 1.807) is 11.6 Å². The summed E-state index contributed by atoms with van der Waals surface area (Å²) in [5, 5.41) is 10.8. The van der Waals surface area contributed by atoms with Gasteiger partial charge >= 0.3 is 5.82 Å². The van der Waals surface area contributed by atoms with Crippen LogP contribution in [0.4, 0.5) is 5.82 Å². The standard InChI is InChI=1S/C16H29N3O3/c1-3-4-5-6-7-8-9-10-11-12-13-22-16-15(19(20)21)17-14-18(16)2/h14H,3-13H2,1-2H3. The van der Waals surface area contributed by atoms with Crippen molar-refractivity contribution in [2.45, 2.75) is 71.1 Å². The Morgan fingerprint density at radius 2 is 1.64 bits per heavy atom. The number of nitrogens with zero attached hydrogens (tertiary/aromatic N) is 3. The van der Waals surface area contributed by atoms with E-state index >= 15 is 0 Å². The lowest BCUT2D eigenvalue weighted by Gasteiger charge is -2.06. The maximum Gasteiger partial charge on any atom is 0.426 e. The van der Waals surface area contributed by atoms with E-state index < -0.39 is 4.92 Å². The third-order valence-corrected chi connectivity index (χ3v) is 3.77. The number of imidazole rings is 1. The number of aryl methyl sites for hydroxylation is 1. The van der Waals surface area contributed by atoms with Crippen LogP contribution >= 0.6 is 0 Å². The molecule has 0 aliphatic heterocycles. The smallest absolute Gasteiger partial charge is 0.426 e. The van der Waals surface area contributed by atoms with E-state index in [0.717, 1.165) is 12.8 Å². The second kappa shape index (κ2) is 11.0. The maximum absolute atomic E-state index is 10.8. The van der Waals surface area contributed by atoms with Gasteiger partial charge in [0.25, 0.3) is 5.88 Å². The summed E-state index contributed by atoms with van der Waals surface area (Å²) in [5.74, 6) is 0.0514. The normalized spacial score (nSPS) is 10.8. The van der Waals surface area contributed by atoms with E-state index in [2.05, 4.69) is 11.9 Å². The van der Waals surface area contributed by atoms with Gasteiger partial charge in [0.2, 0.25) is 6.33 Å². The first-order valence-electron chi connectivity index (χ1n) is 8.45. The third-order valence-electron chi connectivity index (χ3n) is 3.77. The Balaban J connectivity index is 2.02. The van der Waals surface area contributed by atoms with Crippen LogP contribution in [0.2, 0.25) is 0 Å². The molecule has 0 atom stereocenters. The predicted molar refractivity (Wildman–Crippen MR) is 87.2 cm³/mol. The summed E-state index contributed by atoms with van der Waals surface area (Å²) in [6.07, 6.45) is 14.0. The second-order valence-corrected chi connectivity index (χ2v) is 5.77. The van der Waals surface area contributed by atoms with Gasteiger partial charge in [-0.05, 0) is 16.3 Å². The largest absolute Gasteiger partial charge is 0.473 e. The van der Waals surface area contributed by atoms with Gasteiger partial charge in [-0.3, -0.25) is 4.57 Å². The van der Waals surface area contributed by atoms with Crippen molar-refractivity contribution in [3.63, 3.8) is 0 Å². The van der Waals surface area contributed by atoms with Gasteiger partial charge in [-0.1, -0.05) is 64.7 Å². The predicted octanol–water partition coefficient (Wildman–Crippen LogP) is 4.63. The molecule has 0 aliphatic rings. The number of aromatic nitrogens is 2. The molecule has 1 rings (SSSR count). The van der Waals surface area contributed by atoms with Gasteiger partial charge in [0, 0.05) is 7.05 Å². The molecule has 0 radical (unpaired) electrons. The van der Waals surface area contributed by atoms with E-state index in [0.29, 0.717) is 6.61 Å². The summed E-state index contributed by atoms with van der Waals surface area (Å²) in [5.41, 5.74) is 0. The van der Waals surface area contributed by atoms with Gasteiger partial charge in [0.15, 0.2) is 0 Å². The Kier molecular flexibility index (Phi) is 9.26. The zero-order valence-corrected chi connectivity index (χ0v) is 13.9. The number of ether oxygens (including phenoxy) is 1. The van der Waals surface area contributed by atoms with E-state index in [1.807, 2.05) is 0 Å². The van der Waals surface area contributed by atoms with E-state index in [1.165, 1.54) is 57.7 Å². The van der Waals surface area contributed by atoms with Crippen molar-refractivity contribution in [2.24, 2.45) is 7.05 Å². The summed E-state index contributed by atoms with van der Waals surface area (Å²) in [6.45, 7) is 2.75. The van der Waals surface area contributed by atoms with Crippen molar-refractivity contribution >= 4 is 5.82 Å². The zero-order valence-electron chi connectivity index (χ0n) is 13.9. The summed E-state index contributed by atoms with van der Waals surface area (Å²) in [7, 11) is 1.70. The Morgan fingerprint density at radius 1 is 1.09 bits per heavy atom. The molecule has 1 aromatic heterocycles. The molecule has 1 aromatic rings. The van der Waals surface area contributed by atoms with Gasteiger partial charge in [0.05, 0.1) is 6.61 Å².